The Morgan fingerprint density at radius 2 is 1.86 bits per heavy atom. The van der Waals surface area contributed by atoms with Gasteiger partial charge in [0.1, 0.15) is 0 Å². The molecule has 0 radical (unpaired) electrons. The second-order valence-corrected chi connectivity index (χ2v) is 5.08. The van der Waals surface area contributed by atoms with E-state index in [9.17, 15) is 14.5 Å². The Balaban J connectivity index is 1.70. The summed E-state index contributed by atoms with van der Waals surface area (Å²) in [4.78, 5) is 18.3. The van der Waals surface area contributed by atoms with Gasteiger partial charge in [-0.1, -0.05) is 0 Å². The van der Waals surface area contributed by atoms with Gasteiger partial charge in [-0.25, -0.2) is 4.39 Å². The molecular formula is C15H15FN4O2. The normalized spacial score (nSPS) is 15.0. The summed E-state index contributed by atoms with van der Waals surface area (Å²) in [6, 6.07) is 7.68. The molecule has 0 N–H and O–H groups in total. The number of pyridine rings is 1. The van der Waals surface area contributed by atoms with Gasteiger partial charge >= 0.3 is 0 Å². The highest BCUT2D eigenvalue weighted by Gasteiger charge is 2.21. The van der Waals surface area contributed by atoms with Gasteiger partial charge in [-0.2, -0.15) is 0 Å². The lowest BCUT2D eigenvalue weighted by Gasteiger charge is -2.37. The van der Waals surface area contributed by atoms with Crippen molar-refractivity contribution in [3.63, 3.8) is 0 Å². The Morgan fingerprint density at radius 3 is 2.45 bits per heavy atom. The van der Waals surface area contributed by atoms with Crippen molar-refractivity contribution >= 4 is 17.1 Å². The van der Waals surface area contributed by atoms with Gasteiger partial charge in [0.15, 0.2) is 5.82 Å². The lowest BCUT2D eigenvalue weighted by atomic mass is 10.2. The van der Waals surface area contributed by atoms with Crippen LogP contribution in [-0.4, -0.2) is 36.1 Å². The van der Waals surface area contributed by atoms with E-state index < -0.39 is 10.7 Å². The molecule has 2 heterocycles. The number of hydrogen-bond acceptors (Lipinski definition) is 5. The molecule has 7 heteroatoms. The van der Waals surface area contributed by atoms with E-state index in [0.717, 1.165) is 24.8 Å². The zero-order valence-corrected chi connectivity index (χ0v) is 11.9. The van der Waals surface area contributed by atoms with E-state index >= 15 is 0 Å². The van der Waals surface area contributed by atoms with Crippen molar-refractivity contribution < 1.29 is 9.31 Å². The summed E-state index contributed by atoms with van der Waals surface area (Å²) in [5, 5.41) is 10.7. The lowest BCUT2D eigenvalue weighted by Crippen LogP contribution is -2.46. The second-order valence-electron chi connectivity index (χ2n) is 5.08. The molecule has 2 aromatic rings. The maximum atomic E-state index is 14.0. The fourth-order valence-electron chi connectivity index (χ4n) is 2.61. The van der Waals surface area contributed by atoms with Crippen molar-refractivity contribution in [2.24, 2.45) is 0 Å². The van der Waals surface area contributed by atoms with Crippen LogP contribution in [0.2, 0.25) is 0 Å². The summed E-state index contributed by atoms with van der Waals surface area (Å²) < 4.78 is 14.0. The second kappa shape index (κ2) is 5.97. The maximum absolute atomic E-state index is 14.0. The van der Waals surface area contributed by atoms with E-state index in [1.165, 1.54) is 12.1 Å². The van der Waals surface area contributed by atoms with Crippen LogP contribution < -0.4 is 9.80 Å². The number of benzene rings is 1. The predicted octanol–water partition coefficient (Wildman–Crippen LogP) is 2.46. The van der Waals surface area contributed by atoms with Crippen molar-refractivity contribution in [1.29, 1.82) is 0 Å². The predicted molar refractivity (Wildman–Crippen MR) is 81.7 cm³/mol. The first-order valence-corrected chi connectivity index (χ1v) is 6.99. The number of nitrogens with zero attached hydrogens (tertiary/aromatic N) is 4. The van der Waals surface area contributed by atoms with Crippen molar-refractivity contribution in [3.8, 4) is 0 Å². The highest BCUT2D eigenvalue weighted by Crippen LogP contribution is 2.26. The van der Waals surface area contributed by atoms with E-state index in [4.69, 9.17) is 0 Å². The quantitative estimate of drug-likeness (QED) is 0.644. The molecule has 1 saturated heterocycles. The molecule has 3 rings (SSSR count). The van der Waals surface area contributed by atoms with Gasteiger partial charge in [-0.05, 0) is 18.2 Å². The Hall–Kier alpha value is -2.70. The first-order valence-electron chi connectivity index (χ1n) is 6.99. The SMILES string of the molecule is O=[N+]([O-])c1ccc(N2CCN(c3cccnc3)CC2)c(F)c1. The van der Waals surface area contributed by atoms with E-state index in [-0.39, 0.29) is 5.69 Å². The average Bonchev–Trinajstić information content (AvgIpc) is 2.56. The zero-order chi connectivity index (χ0) is 15.5. The number of rotatable bonds is 3. The maximum Gasteiger partial charge on any atom is 0.272 e. The molecule has 1 aromatic carbocycles. The van der Waals surface area contributed by atoms with Gasteiger partial charge in [0.05, 0.1) is 28.6 Å². The highest BCUT2D eigenvalue weighted by atomic mass is 19.1. The largest absolute Gasteiger partial charge is 0.367 e. The summed E-state index contributed by atoms with van der Waals surface area (Å²) in [5.74, 6) is -0.552. The molecule has 0 bridgehead atoms. The van der Waals surface area contributed by atoms with Gasteiger partial charge in [0.2, 0.25) is 0 Å². The number of non-ortho nitro benzene ring substituents is 1. The third kappa shape index (κ3) is 2.83. The molecule has 1 aromatic heterocycles. The van der Waals surface area contributed by atoms with E-state index in [0.29, 0.717) is 18.8 Å². The third-order valence-electron chi connectivity index (χ3n) is 3.77. The van der Waals surface area contributed by atoms with Gasteiger partial charge in [0.25, 0.3) is 5.69 Å². The zero-order valence-electron chi connectivity index (χ0n) is 11.9. The fraction of sp³-hybridized carbons (Fsp3) is 0.267. The van der Waals surface area contributed by atoms with Gasteiger partial charge < -0.3 is 9.80 Å². The smallest absolute Gasteiger partial charge is 0.272 e. The third-order valence-corrected chi connectivity index (χ3v) is 3.77. The molecule has 114 valence electrons. The molecule has 1 fully saturated rings. The van der Waals surface area contributed by atoms with Crippen LogP contribution in [-0.2, 0) is 0 Å². The fourth-order valence-corrected chi connectivity index (χ4v) is 2.61. The Bertz CT molecular complexity index is 672. The number of halogens is 1. The van der Waals surface area contributed by atoms with Crippen LogP contribution in [0.25, 0.3) is 0 Å². The Labute approximate surface area is 127 Å². The minimum absolute atomic E-state index is 0.227. The number of anilines is 2. The van der Waals surface area contributed by atoms with Gasteiger partial charge in [-0.3, -0.25) is 15.1 Å². The first kappa shape index (κ1) is 14.2. The molecule has 0 unspecified atom stereocenters. The topological polar surface area (TPSA) is 62.5 Å². The minimum Gasteiger partial charge on any atom is -0.367 e. The first-order chi connectivity index (χ1) is 10.6. The molecule has 0 spiro atoms. The van der Waals surface area contributed by atoms with Crippen LogP contribution >= 0.6 is 0 Å². The lowest BCUT2D eigenvalue weighted by molar-refractivity contribution is -0.385. The minimum atomic E-state index is -0.590. The van der Waals surface area contributed by atoms with Crippen molar-refractivity contribution in [2.75, 3.05) is 36.0 Å². The van der Waals surface area contributed by atoms with Crippen molar-refractivity contribution in [1.82, 2.24) is 4.98 Å². The number of piperazine rings is 1. The van der Waals surface area contributed by atoms with E-state index in [1.807, 2.05) is 23.2 Å². The Kier molecular flexibility index (Phi) is 3.86. The molecule has 6 nitrogen and oxygen atoms in total. The molecule has 0 atom stereocenters. The standard InChI is InChI=1S/C15H15FN4O2/c16-14-10-12(20(21)22)3-4-15(14)19-8-6-18(7-9-19)13-2-1-5-17-11-13/h1-5,10-11H,6-9H2. The highest BCUT2D eigenvalue weighted by molar-refractivity contribution is 5.54. The summed E-state index contributed by atoms with van der Waals surface area (Å²) in [6.07, 6.45) is 3.54. The molecule has 0 amide bonds. The van der Waals surface area contributed by atoms with Crippen LogP contribution in [0.4, 0.5) is 21.5 Å². The van der Waals surface area contributed by atoms with Crippen LogP contribution in [0, 0.1) is 15.9 Å². The number of nitro groups is 1. The molecule has 0 aliphatic carbocycles. The monoisotopic (exact) mass is 302 g/mol. The molecule has 22 heavy (non-hydrogen) atoms. The molecule has 1 aliphatic rings. The number of hydrogen-bond donors (Lipinski definition) is 0. The van der Waals surface area contributed by atoms with Gasteiger partial charge in [-0.15, -0.1) is 0 Å². The Morgan fingerprint density at radius 1 is 1.14 bits per heavy atom. The summed E-state index contributed by atoms with van der Waals surface area (Å²) in [5.41, 5.74) is 1.23. The molecule has 0 saturated carbocycles. The average molecular weight is 302 g/mol. The van der Waals surface area contributed by atoms with Gasteiger partial charge in [0, 0.05) is 38.4 Å². The van der Waals surface area contributed by atoms with E-state index in [1.54, 1.807) is 6.20 Å². The number of nitro benzene ring substituents is 1. The van der Waals surface area contributed by atoms with Crippen LogP contribution in [0.1, 0.15) is 0 Å². The number of aromatic nitrogens is 1. The molecular weight excluding hydrogens is 287 g/mol. The van der Waals surface area contributed by atoms with E-state index in [2.05, 4.69) is 9.88 Å². The van der Waals surface area contributed by atoms with Crippen molar-refractivity contribution in [2.45, 2.75) is 0 Å². The van der Waals surface area contributed by atoms with Crippen LogP contribution in [0.3, 0.4) is 0 Å². The molecule has 1 aliphatic heterocycles. The van der Waals surface area contributed by atoms with Crippen molar-refractivity contribution in [3.05, 3.63) is 58.7 Å². The summed E-state index contributed by atoms with van der Waals surface area (Å²) >= 11 is 0. The summed E-state index contributed by atoms with van der Waals surface area (Å²) in [6.45, 7) is 2.82. The summed E-state index contributed by atoms with van der Waals surface area (Å²) in [7, 11) is 0. The van der Waals surface area contributed by atoms with Crippen LogP contribution in [0.5, 0.6) is 0 Å². The van der Waals surface area contributed by atoms with Crippen LogP contribution in [0.15, 0.2) is 42.7 Å².